The summed E-state index contributed by atoms with van der Waals surface area (Å²) >= 11 is 24.5. The van der Waals surface area contributed by atoms with E-state index in [2.05, 4.69) is 10.6 Å². The quantitative estimate of drug-likeness (QED) is 0.186. The maximum Gasteiger partial charge on any atom is 0.315 e. The van der Waals surface area contributed by atoms with Gasteiger partial charge in [-0.15, -0.1) is 23.2 Å². The zero-order chi connectivity index (χ0) is 29.5. The first-order valence-electron chi connectivity index (χ1n) is 11.0. The van der Waals surface area contributed by atoms with E-state index in [1.807, 2.05) is 0 Å². The Balaban J connectivity index is 1.51. The fourth-order valence-electron chi connectivity index (χ4n) is 3.90. The van der Waals surface area contributed by atoms with Crippen LogP contribution in [-0.2, 0) is 9.59 Å². The van der Waals surface area contributed by atoms with E-state index in [4.69, 9.17) is 46.4 Å². The number of halogens is 9. The third kappa shape index (κ3) is 5.97. The van der Waals surface area contributed by atoms with Crippen LogP contribution in [0.1, 0.15) is 21.8 Å². The van der Waals surface area contributed by atoms with Gasteiger partial charge in [-0.3, -0.25) is 14.4 Å². The van der Waals surface area contributed by atoms with Gasteiger partial charge in [0, 0.05) is 11.6 Å². The number of anilines is 3. The minimum Gasteiger partial charge on any atom is -0.326 e. The molecule has 1 fully saturated rings. The third-order valence-electron chi connectivity index (χ3n) is 5.90. The van der Waals surface area contributed by atoms with Crippen molar-refractivity contribution in [1.29, 1.82) is 0 Å². The molecule has 3 aromatic carbocycles. The van der Waals surface area contributed by atoms with E-state index in [9.17, 15) is 36.3 Å². The highest BCUT2D eigenvalue weighted by Crippen LogP contribution is 2.65. The summed E-state index contributed by atoms with van der Waals surface area (Å²) in [6.07, 6.45) is -3.55. The minimum absolute atomic E-state index is 0.0657. The van der Waals surface area contributed by atoms with E-state index in [1.165, 1.54) is 29.6 Å². The predicted octanol–water partition coefficient (Wildman–Crippen LogP) is 7.39. The smallest absolute Gasteiger partial charge is 0.315 e. The monoisotopic (exact) mass is 639 g/mol. The summed E-state index contributed by atoms with van der Waals surface area (Å²) in [4.78, 5) is 37.0. The highest BCUT2D eigenvalue weighted by Gasteiger charge is 2.67. The van der Waals surface area contributed by atoms with Gasteiger partial charge in [0.15, 0.2) is 5.82 Å². The molecular weight excluding hydrogens is 627 g/mol. The van der Waals surface area contributed by atoms with E-state index in [-0.39, 0.29) is 21.3 Å². The molecule has 1 aliphatic carbocycles. The SMILES string of the molecule is O=C(Nc1ccc(F)c(NC(=O)C(F)F)c1F)c1cc(NC(=O)[C@H]2[C@H](c3ccc(F)c(Cl)c3)C2(Cl)Cl)ccc1Cl. The summed E-state index contributed by atoms with van der Waals surface area (Å²) in [7, 11) is 0. The van der Waals surface area contributed by atoms with Crippen LogP contribution in [-0.4, -0.2) is 28.5 Å². The Morgan fingerprint density at radius 2 is 1.50 bits per heavy atom. The van der Waals surface area contributed by atoms with Crippen LogP contribution in [0.15, 0.2) is 48.5 Å². The molecule has 0 spiro atoms. The van der Waals surface area contributed by atoms with Gasteiger partial charge in [0.25, 0.3) is 11.8 Å². The molecule has 1 saturated carbocycles. The van der Waals surface area contributed by atoms with Crippen molar-refractivity contribution in [2.45, 2.75) is 16.7 Å². The van der Waals surface area contributed by atoms with Crippen molar-refractivity contribution < 1.29 is 36.3 Å². The maximum absolute atomic E-state index is 14.7. The van der Waals surface area contributed by atoms with Gasteiger partial charge in [0.05, 0.1) is 27.2 Å². The second-order valence-corrected chi connectivity index (χ2v) is 10.8. The van der Waals surface area contributed by atoms with Crippen molar-refractivity contribution in [3.05, 3.63) is 87.2 Å². The van der Waals surface area contributed by atoms with Crippen LogP contribution in [0.3, 0.4) is 0 Å². The summed E-state index contributed by atoms with van der Waals surface area (Å²) in [5, 5.41) is 5.74. The molecule has 3 N–H and O–H groups in total. The first-order valence-corrected chi connectivity index (χ1v) is 12.5. The molecule has 3 amide bonds. The molecule has 0 aliphatic heterocycles. The largest absolute Gasteiger partial charge is 0.326 e. The molecule has 6 nitrogen and oxygen atoms in total. The Hall–Kier alpha value is -3.12. The molecule has 2 atom stereocenters. The Morgan fingerprint density at radius 3 is 2.15 bits per heavy atom. The van der Waals surface area contributed by atoms with E-state index in [1.54, 1.807) is 0 Å². The lowest BCUT2D eigenvalue weighted by molar-refractivity contribution is -0.126. The zero-order valence-electron chi connectivity index (χ0n) is 19.5. The second kappa shape index (κ2) is 11.4. The van der Waals surface area contributed by atoms with Crippen molar-refractivity contribution in [3.8, 4) is 0 Å². The number of carbonyl (C=O) groups excluding carboxylic acids is 3. The summed E-state index contributed by atoms with van der Waals surface area (Å²) in [6, 6.07) is 8.99. The molecule has 0 heterocycles. The van der Waals surface area contributed by atoms with Crippen molar-refractivity contribution in [2.24, 2.45) is 5.92 Å². The number of amides is 3. The lowest BCUT2D eigenvalue weighted by Gasteiger charge is -2.13. The van der Waals surface area contributed by atoms with E-state index >= 15 is 0 Å². The number of carbonyl (C=O) groups is 3. The maximum atomic E-state index is 14.7. The first kappa shape index (κ1) is 29.9. The first-order chi connectivity index (χ1) is 18.7. The molecular formula is C25H14Cl4F5N3O3. The Labute approximate surface area is 242 Å². The Morgan fingerprint density at radius 1 is 0.825 bits per heavy atom. The molecule has 0 radical (unpaired) electrons. The van der Waals surface area contributed by atoms with Crippen molar-refractivity contribution in [1.82, 2.24) is 0 Å². The van der Waals surface area contributed by atoms with Crippen LogP contribution < -0.4 is 16.0 Å². The van der Waals surface area contributed by atoms with E-state index < -0.39 is 69.1 Å². The normalized spacial score (nSPS) is 17.4. The van der Waals surface area contributed by atoms with Crippen molar-refractivity contribution in [2.75, 3.05) is 16.0 Å². The van der Waals surface area contributed by atoms with Crippen LogP contribution in [0.5, 0.6) is 0 Å². The summed E-state index contributed by atoms with van der Waals surface area (Å²) in [6.45, 7) is 0. The molecule has 210 valence electrons. The standard InChI is InChI=1S/C25H14Cl4F5N3O3/c26-12-3-2-10(35-23(39)18-17(25(18,28)29)9-1-4-14(30)13(27)7-9)8-11(12)22(38)36-16-6-5-15(31)20(19(16)32)37-24(40)21(33)34/h1-8,17-18,21H,(H,35,39)(H,36,38)(H,37,40)/t17-,18+/m0/s1. The molecule has 0 bridgehead atoms. The second-order valence-electron chi connectivity index (χ2n) is 8.52. The van der Waals surface area contributed by atoms with Crippen molar-refractivity contribution >= 4 is 81.2 Å². The van der Waals surface area contributed by atoms with Crippen LogP contribution in [0.2, 0.25) is 10.0 Å². The average Bonchev–Trinajstić information content (AvgIpc) is 3.47. The van der Waals surface area contributed by atoms with Gasteiger partial charge in [-0.1, -0.05) is 29.3 Å². The molecule has 15 heteroatoms. The van der Waals surface area contributed by atoms with Crippen molar-refractivity contribution in [3.63, 3.8) is 0 Å². The fourth-order valence-corrected chi connectivity index (χ4v) is 5.12. The third-order valence-corrected chi connectivity index (χ3v) is 7.46. The number of hydrogen-bond acceptors (Lipinski definition) is 3. The van der Waals surface area contributed by atoms with Crippen LogP contribution in [0.4, 0.5) is 39.0 Å². The predicted molar refractivity (Wildman–Crippen MR) is 141 cm³/mol. The Kier molecular flexibility index (Phi) is 8.51. The summed E-state index contributed by atoms with van der Waals surface area (Å²) in [5.74, 6) is -8.85. The Bertz CT molecular complexity index is 1540. The number of nitrogens with one attached hydrogen (secondary N) is 3. The molecule has 40 heavy (non-hydrogen) atoms. The zero-order valence-corrected chi connectivity index (χ0v) is 22.5. The number of rotatable bonds is 7. The lowest BCUT2D eigenvalue weighted by atomic mass is 10.1. The lowest BCUT2D eigenvalue weighted by Crippen LogP contribution is -2.22. The highest BCUT2D eigenvalue weighted by molar-refractivity contribution is 6.53. The summed E-state index contributed by atoms with van der Waals surface area (Å²) < 4.78 is 65.7. The van der Waals surface area contributed by atoms with Gasteiger partial charge < -0.3 is 16.0 Å². The van der Waals surface area contributed by atoms with Gasteiger partial charge in [-0.2, -0.15) is 8.78 Å². The number of benzene rings is 3. The van der Waals surface area contributed by atoms with Gasteiger partial charge in [-0.05, 0) is 48.0 Å². The highest BCUT2D eigenvalue weighted by atomic mass is 35.5. The molecule has 3 aromatic rings. The van der Waals surface area contributed by atoms with Gasteiger partial charge in [0.1, 0.15) is 21.7 Å². The molecule has 1 aliphatic rings. The molecule has 0 saturated heterocycles. The average molecular weight is 641 g/mol. The van der Waals surface area contributed by atoms with E-state index in [0.29, 0.717) is 11.6 Å². The van der Waals surface area contributed by atoms with Crippen LogP contribution in [0.25, 0.3) is 0 Å². The number of hydrogen-bond donors (Lipinski definition) is 3. The van der Waals surface area contributed by atoms with Crippen LogP contribution >= 0.6 is 46.4 Å². The van der Waals surface area contributed by atoms with Gasteiger partial charge >= 0.3 is 6.43 Å². The summed E-state index contributed by atoms with van der Waals surface area (Å²) in [5.41, 5.74) is -1.62. The fraction of sp³-hybridized carbons (Fsp3) is 0.160. The molecule has 4 rings (SSSR count). The topological polar surface area (TPSA) is 87.3 Å². The van der Waals surface area contributed by atoms with Gasteiger partial charge in [0.2, 0.25) is 5.91 Å². The van der Waals surface area contributed by atoms with Crippen LogP contribution in [0, 0.1) is 23.4 Å². The number of alkyl halides is 4. The minimum atomic E-state index is -3.55. The molecule has 0 unspecified atom stereocenters. The van der Waals surface area contributed by atoms with Gasteiger partial charge in [-0.25, -0.2) is 13.2 Å². The van der Waals surface area contributed by atoms with E-state index in [0.717, 1.165) is 18.2 Å². The molecule has 0 aromatic heterocycles.